The predicted octanol–water partition coefficient (Wildman–Crippen LogP) is 2.16. The van der Waals surface area contributed by atoms with E-state index in [1.165, 1.54) is 19.3 Å². The third-order valence-electron chi connectivity index (χ3n) is 6.34. The van der Waals surface area contributed by atoms with E-state index in [2.05, 4.69) is 36.3 Å². The van der Waals surface area contributed by atoms with Crippen molar-refractivity contribution in [2.75, 3.05) is 6.54 Å². The normalized spacial score (nSPS) is 36.0. The van der Waals surface area contributed by atoms with Crippen LogP contribution in [0.3, 0.4) is 0 Å². The van der Waals surface area contributed by atoms with Crippen molar-refractivity contribution >= 4 is 0 Å². The molecule has 2 aliphatic rings. The zero-order chi connectivity index (χ0) is 13.7. The number of nitrogens with zero attached hydrogens (tertiary/aromatic N) is 3. The van der Waals surface area contributed by atoms with Crippen LogP contribution in [0.15, 0.2) is 6.33 Å². The first kappa shape index (κ1) is 13.1. The fourth-order valence-corrected chi connectivity index (χ4v) is 4.40. The molecule has 0 radical (unpaired) electrons. The topological polar surface area (TPSA) is 42.7 Å². The van der Waals surface area contributed by atoms with E-state index in [1.807, 2.05) is 11.6 Å². The van der Waals surface area contributed by atoms with Crippen LogP contribution in [0.1, 0.15) is 45.9 Å². The van der Waals surface area contributed by atoms with E-state index in [9.17, 15) is 0 Å². The molecule has 0 aliphatic heterocycles. The summed E-state index contributed by atoms with van der Waals surface area (Å²) < 4.78 is 2.01. The van der Waals surface area contributed by atoms with Gasteiger partial charge in [-0.05, 0) is 36.0 Å². The molecule has 0 amide bonds. The second kappa shape index (κ2) is 4.30. The van der Waals surface area contributed by atoms with Crippen LogP contribution < -0.4 is 5.32 Å². The zero-order valence-corrected chi connectivity index (χ0v) is 12.6. The zero-order valence-electron chi connectivity index (χ0n) is 12.6. The summed E-state index contributed by atoms with van der Waals surface area (Å²) in [5, 5.41) is 11.9. The van der Waals surface area contributed by atoms with E-state index in [0.29, 0.717) is 16.9 Å². The molecule has 2 saturated carbocycles. The average molecular weight is 262 g/mol. The summed E-state index contributed by atoms with van der Waals surface area (Å²) in [5.41, 5.74) is 0.965. The standard InChI is InChI=1S/C15H26N4/c1-14(2)11-5-7-15(14,3)12(9-11)16-8-6-13-18-17-10-19(13)4/h10-12,16H,5-9H2,1-4H3. The van der Waals surface area contributed by atoms with E-state index in [4.69, 9.17) is 0 Å². The lowest BCUT2D eigenvalue weighted by molar-refractivity contribution is 0.121. The highest BCUT2D eigenvalue weighted by Crippen LogP contribution is 2.65. The van der Waals surface area contributed by atoms with Gasteiger partial charge in [-0.15, -0.1) is 10.2 Å². The largest absolute Gasteiger partial charge is 0.321 e. The first-order valence-corrected chi connectivity index (χ1v) is 7.51. The Morgan fingerprint density at radius 1 is 1.42 bits per heavy atom. The molecule has 0 spiro atoms. The van der Waals surface area contributed by atoms with Gasteiger partial charge in [-0.2, -0.15) is 0 Å². The molecule has 19 heavy (non-hydrogen) atoms. The predicted molar refractivity (Wildman–Crippen MR) is 75.7 cm³/mol. The van der Waals surface area contributed by atoms with Gasteiger partial charge in [0, 0.05) is 26.1 Å². The van der Waals surface area contributed by atoms with Crippen LogP contribution in [0.5, 0.6) is 0 Å². The third-order valence-corrected chi connectivity index (χ3v) is 6.34. The van der Waals surface area contributed by atoms with Gasteiger partial charge in [0.25, 0.3) is 0 Å². The second-order valence-corrected chi connectivity index (χ2v) is 7.23. The third kappa shape index (κ3) is 1.83. The molecule has 2 aliphatic carbocycles. The van der Waals surface area contributed by atoms with Crippen molar-refractivity contribution < 1.29 is 0 Å². The molecule has 106 valence electrons. The minimum atomic E-state index is 0.470. The molecule has 1 heterocycles. The first-order chi connectivity index (χ1) is 8.95. The Morgan fingerprint density at radius 3 is 2.74 bits per heavy atom. The van der Waals surface area contributed by atoms with Gasteiger partial charge in [-0.1, -0.05) is 20.8 Å². The number of hydrogen-bond donors (Lipinski definition) is 1. The maximum atomic E-state index is 4.15. The van der Waals surface area contributed by atoms with Gasteiger partial charge in [0.1, 0.15) is 12.2 Å². The minimum Gasteiger partial charge on any atom is -0.321 e. The number of aromatic nitrogens is 3. The maximum absolute atomic E-state index is 4.15. The molecular formula is C15H26N4. The van der Waals surface area contributed by atoms with Crippen LogP contribution in [0.4, 0.5) is 0 Å². The monoisotopic (exact) mass is 262 g/mol. The van der Waals surface area contributed by atoms with Gasteiger partial charge >= 0.3 is 0 Å². The van der Waals surface area contributed by atoms with Gasteiger partial charge in [-0.3, -0.25) is 0 Å². The number of nitrogens with one attached hydrogen (secondary N) is 1. The van der Waals surface area contributed by atoms with Crippen LogP contribution in [0, 0.1) is 16.7 Å². The van der Waals surface area contributed by atoms with Crippen molar-refractivity contribution in [3.63, 3.8) is 0 Å². The Morgan fingerprint density at radius 2 is 2.21 bits per heavy atom. The lowest BCUT2D eigenvalue weighted by Crippen LogP contribution is -2.45. The highest BCUT2D eigenvalue weighted by molar-refractivity contribution is 5.13. The molecule has 2 bridgehead atoms. The molecule has 3 rings (SSSR count). The van der Waals surface area contributed by atoms with Crippen molar-refractivity contribution in [1.29, 1.82) is 0 Å². The van der Waals surface area contributed by atoms with Crippen molar-refractivity contribution in [1.82, 2.24) is 20.1 Å². The molecule has 3 atom stereocenters. The minimum absolute atomic E-state index is 0.470. The second-order valence-electron chi connectivity index (χ2n) is 7.23. The van der Waals surface area contributed by atoms with Gasteiger partial charge in [0.05, 0.1) is 0 Å². The van der Waals surface area contributed by atoms with Gasteiger partial charge in [0.2, 0.25) is 0 Å². The van der Waals surface area contributed by atoms with Crippen molar-refractivity contribution in [2.24, 2.45) is 23.8 Å². The van der Waals surface area contributed by atoms with Crippen molar-refractivity contribution in [3.05, 3.63) is 12.2 Å². The van der Waals surface area contributed by atoms with Crippen molar-refractivity contribution in [3.8, 4) is 0 Å². The number of aryl methyl sites for hydroxylation is 1. The number of rotatable bonds is 4. The lowest BCUT2D eigenvalue weighted by Gasteiger charge is -2.39. The maximum Gasteiger partial charge on any atom is 0.133 e. The molecule has 0 saturated heterocycles. The molecule has 0 aromatic carbocycles. The highest BCUT2D eigenvalue weighted by atomic mass is 15.2. The summed E-state index contributed by atoms with van der Waals surface area (Å²) in [6.07, 6.45) is 6.89. The van der Waals surface area contributed by atoms with Crippen LogP contribution in [-0.2, 0) is 13.5 Å². The average Bonchev–Trinajstić information content (AvgIpc) is 2.91. The Kier molecular flexibility index (Phi) is 2.97. The van der Waals surface area contributed by atoms with Crippen LogP contribution >= 0.6 is 0 Å². The molecule has 3 unspecified atom stereocenters. The quantitative estimate of drug-likeness (QED) is 0.904. The molecule has 1 aromatic heterocycles. The van der Waals surface area contributed by atoms with E-state index in [-0.39, 0.29) is 0 Å². The Balaban J connectivity index is 1.59. The molecule has 2 fully saturated rings. The highest BCUT2D eigenvalue weighted by Gasteiger charge is 2.60. The fraction of sp³-hybridized carbons (Fsp3) is 0.867. The van der Waals surface area contributed by atoms with E-state index in [0.717, 1.165) is 24.7 Å². The van der Waals surface area contributed by atoms with Gasteiger partial charge < -0.3 is 9.88 Å². The van der Waals surface area contributed by atoms with Crippen LogP contribution in [-0.4, -0.2) is 27.4 Å². The smallest absolute Gasteiger partial charge is 0.133 e. The lowest BCUT2D eigenvalue weighted by atomic mass is 9.69. The summed E-state index contributed by atoms with van der Waals surface area (Å²) >= 11 is 0. The SMILES string of the molecule is Cn1cnnc1CCNC1CC2CCC1(C)C2(C)C. The van der Waals surface area contributed by atoms with E-state index < -0.39 is 0 Å². The fourth-order valence-electron chi connectivity index (χ4n) is 4.40. The van der Waals surface area contributed by atoms with Crippen LogP contribution in [0.2, 0.25) is 0 Å². The van der Waals surface area contributed by atoms with E-state index >= 15 is 0 Å². The van der Waals surface area contributed by atoms with Crippen LogP contribution in [0.25, 0.3) is 0 Å². The molecule has 4 heteroatoms. The molecule has 1 aromatic rings. The van der Waals surface area contributed by atoms with Crippen molar-refractivity contribution in [2.45, 2.75) is 52.5 Å². The summed E-state index contributed by atoms with van der Waals surface area (Å²) in [6, 6.07) is 0.675. The summed E-state index contributed by atoms with van der Waals surface area (Å²) in [5.74, 6) is 1.98. The first-order valence-electron chi connectivity index (χ1n) is 7.51. The summed E-state index contributed by atoms with van der Waals surface area (Å²) in [4.78, 5) is 0. The summed E-state index contributed by atoms with van der Waals surface area (Å²) in [7, 11) is 2.01. The molecular weight excluding hydrogens is 236 g/mol. The van der Waals surface area contributed by atoms with E-state index in [1.54, 1.807) is 6.33 Å². The Labute approximate surface area is 116 Å². The van der Waals surface area contributed by atoms with Gasteiger partial charge in [0.15, 0.2) is 0 Å². The Bertz CT molecular complexity index is 464. The number of fused-ring (bicyclic) bond motifs is 2. The van der Waals surface area contributed by atoms with Gasteiger partial charge in [-0.25, -0.2) is 0 Å². The molecule has 4 nitrogen and oxygen atoms in total. The number of hydrogen-bond acceptors (Lipinski definition) is 3. The summed E-state index contributed by atoms with van der Waals surface area (Å²) in [6.45, 7) is 8.43. The Hall–Kier alpha value is -0.900. The molecule has 1 N–H and O–H groups in total.